The standard InChI is InChI=1S/C39H37N3/c1-6-41-35-18-12-10-16-30(35)33-22-28(20-21-36(33)41)39-40-34-17-11-13-19-37(34)42(39)38-31(25(2)3)23-29(24-32(38)26(4)5)27-14-8-7-9-15-27/h7-26H,6H2,1-5H3. The Hall–Kier alpha value is -4.63. The predicted molar refractivity (Wildman–Crippen MR) is 179 cm³/mol. The Bertz CT molecular complexity index is 2040. The van der Waals surface area contributed by atoms with Crippen molar-refractivity contribution in [3.63, 3.8) is 0 Å². The molecule has 0 spiro atoms. The maximum atomic E-state index is 5.31. The van der Waals surface area contributed by atoms with Gasteiger partial charge in [0, 0.05) is 33.9 Å². The summed E-state index contributed by atoms with van der Waals surface area (Å²) >= 11 is 0. The number of imidazole rings is 1. The van der Waals surface area contributed by atoms with Crippen molar-refractivity contribution < 1.29 is 0 Å². The lowest BCUT2D eigenvalue weighted by atomic mass is 9.88. The minimum absolute atomic E-state index is 0.334. The van der Waals surface area contributed by atoms with Crippen LogP contribution in [0.15, 0.2) is 109 Å². The molecule has 0 aliphatic heterocycles. The fourth-order valence-electron chi connectivity index (χ4n) is 6.60. The minimum atomic E-state index is 0.334. The normalized spacial score (nSPS) is 12.0. The average molecular weight is 548 g/mol. The van der Waals surface area contributed by atoms with E-state index in [0.717, 1.165) is 29.0 Å². The average Bonchev–Trinajstić information content (AvgIpc) is 3.56. The molecule has 208 valence electrons. The van der Waals surface area contributed by atoms with E-state index >= 15 is 0 Å². The minimum Gasteiger partial charge on any atom is -0.341 e. The molecule has 0 radical (unpaired) electrons. The largest absolute Gasteiger partial charge is 0.341 e. The van der Waals surface area contributed by atoms with E-state index in [1.54, 1.807) is 0 Å². The Balaban J connectivity index is 1.55. The van der Waals surface area contributed by atoms with Gasteiger partial charge in [-0.15, -0.1) is 0 Å². The summed E-state index contributed by atoms with van der Waals surface area (Å²) in [6.07, 6.45) is 0. The number of para-hydroxylation sites is 3. The second kappa shape index (κ2) is 10.3. The second-order valence-electron chi connectivity index (χ2n) is 11.9. The maximum Gasteiger partial charge on any atom is 0.145 e. The van der Waals surface area contributed by atoms with Gasteiger partial charge >= 0.3 is 0 Å². The fraction of sp³-hybridized carbons (Fsp3) is 0.205. The monoisotopic (exact) mass is 547 g/mol. The number of benzene rings is 5. The van der Waals surface area contributed by atoms with Crippen molar-refractivity contribution in [2.24, 2.45) is 0 Å². The van der Waals surface area contributed by atoms with E-state index in [1.165, 1.54) is 49.7 Å². The van der Waals surface area contributed by atoms with E-state index in [1.807, 2.05) is 0 Å². The number of hydrogen-bond acceptors (Lipinski definition) is 1. The first-order valence-electron chi connectivity index (χ1n) is 15.2. The first-order chi connectivity index (χ1) is 20.5. The van der Waals surface area contributed by atoms with Crippen molar-refractivity contribution in [1.82, 2.24) is 14.1 Å². The summed E-state index contributed by atoms with van der Waals surface area (Å²) in [5, 5.41) is 2.56. The van der Waals surface area contributed by atoms with Crippen LogP contribution in [-0.2, 0) is 6.54 Å². The van der Waals surface area contributed by atoms with Crippen molar-refractivity contribution in [2.45, 2.75) is 53.0 Å². The van der Waals surface area contributed by atoms with Gasteiger partial charge < -0.3 is 4.57 Å². The van der Waals surface area contributed by atoms with Gasteiger partial charge in [0.1, 0.15) is 5.82 Å². The molecule has 2 aromatic heterocycles. The summed E-state index contributed by atoms with van der Waals surface area (Å²) in [4.78, 5) is 5.31. The molecule has 7 rings (SSSR count). The molecule has 3 heteroatoms. The van der Waals surface area contributed by atoms with Crippen LogP contribution >= 0.6 is 0 Å². The quantitative estimate of drug-likeness (QED) is 0.203. The highest BCUT2D eigenvalue weighted by atomic mass is 15.1. The third-order valence-corrected chi connectivity index (χ3v) is 8.65. The van der Waals surface area contributed by atoms with Crippen LogP contribution in [-0.4, -0.2) is 14.1 Å². The molecule has 0 saturated heterocycles. The SMILES string of the molecule is CCn1c2ccccc2c2cc(-c3nc4ccccc4n3-c3c(C(C)C)cc(-c4ccccc4)cc3C(C)C)ccc21. The van der Waals surface area contributed by atoms with Crippen LogP contribution < -0.4 is 0 Å². The molecule has 0 bridgehead atoms. The molecule has 0 unspecified atom stereocenters. The van der Waals surface area contributed by atoms with Crippen molar-refractivity contribution >= 4 is 32.8 Å². The zero-order valence-corrected chi connectivity index (χ0v) is 25.1. The van der Waals surface area contributed by atoms with Gasteiger partial charge in [0.25, 0.3) is 0 Å². The molecule has 7 aromatic rings. The third-order valence-electron chi connectivity index (χ3n) is 8.65. The molecule has 2 heterocycles. The molecule has 0 aliphatic carbocycles. The van der Waals surface area contributed by atoms with Crippen LogP contribution in [0.3, 0.4) is 0 Å². The van der Waals surface area contributed by atoms with Gasteiger partial charge in [0.2, 0.25) is 0 Å². The number of fused-ring (bicyclic) bond motifs is 4. The molecule has 0 N–H and O–H groups in total. The third kappa shape index (κ3) is 4.15. The number of nitrogens with zero attached hydrogens (tertiary/aromatic N) is 3. The van der Waals surface area contributed by atoms with E-state index in [9.17, 15) is 0 Å². The van der Waals surface area contributed by atoms with Crippen LogP contribution in [0.5, 0.6) is 0 Å². The maximum absolute atomic E-state index is 5.31. The highest BCUT2D eigenvalue weighted by Crippen LogP contribution is 2.41. The zero-order valence-electron chi connectivity index (χ0n) is 25.1. The van der Waals surface area contributed by atoms with Crippen LogP contribution in [0.1, 0.15) is 57.6 Å². The number of aromatic nitrogens is 3. The number of hydrogen-bond donors (Lipinski definition) is 0. The van der Waals surface area contributed by atoms with E-state index in [0.29, 0.717) is 11.8 Å². The lowest BCUT2D eigenvalue weighted by Crippen LogP contribution is -2.09. The molecule has 3 nitrogen and oxygen atoms in total. The summed E-state index contributed by atoms with van der Waals surface area (Å²) < 4.78 is 4.85. The van der Waals surface area contributed by atoms with Gasteiger partial charge in [0.05, 0.1) is 16.7 Å². The number of rotatable bonds is 6. The summed E-state index contributed by atoms with van der Waals surface area (Å²) in [7, 11) is 0. The van der Waals surface area contributed by atoms with Crippen molar-refractivity contribution in [3.05, 3.63) is 120 Å². The highest BCUT2D eigenvalue weighted by molar-refractivity contribution is 6.09. The lowest BCUT2D eigenvalue weighted by molar-refractivity contribution is 0.811. The molecule has 42 heavy (non-hydrogen) atoms. The van der Waals surface area contributed by atoms with Gasteiger partial charge in [-0.25, -0.2) is 4.98 Å². The molecule has 0 atom stereocenters. The predicted octanol–water partition coefficient (Wildman–Crippen LogP) is 10.7. The smallest absolute Gasteiger partial charge is 0.145 e. The van der Waals surface area contributed by atoms with Crippen LogP contribution in [0.25, 0.3) is 61.0 Å². The van der Waals surface area contributed by atoms with Gasteiger partial charge in [-0.05, 0) is 89.5 Å². The van der Waals surface area contributed by atoms with E-state index < -0.39 is 0 Å². The number of aryl methyl sites for hydroxylation is 1. The van der Waals surface area contributed by atoms with Crippen molar-refractivity contribution in [1.29, 1.82) is 0 Å². The van der Waals surface area contributed by atoms with Crippen molar-refractivity contribution in [3.8, 4) is 28.2 Å². The van der Waals surface area contributed by atoms with Gasteiger partial charge in [-0.3, -0.25) is 4.57 Å². The Morgan fingerprint density at radius 2 is 1.19 bits per heavy atom. The first-order valence-corrected chi connectivity index (χ1v) is 15.2. The Morgan fingerprint density at radius 1 is 0.571 bits per heavy atom. The van der Waals surface area contributed by atoms with Gasteiger partial charge in [0.15, 0.2) is 0 Å². The molecule has 0 fully saturated rings. The highest BCUT2D eigenvalue weighted by Gasteiger charge is 2.24. The summed E-state index contributed by atoms with van der Waals surface area (Å²) in [5.41, 5.74) is 12.3. The first kappa shape index (κ1) is 26.3. The van der Waals surface area contributed by atoms with Gasteiger partial charge in [-0.2, -0.15) is 0 Å². The molecule has 0 aliphatic rings. The topological polar surface area (TPSA) is 22.8 Å². The summed E-state index contributed by atoms with van der Waals surface area (Å²) in [6.45, 7) is 12.4. The molecule has 0 saturated carbocycles. The fourth-order valence-corrected chi connectivity index (χ4v) is 6.60. The summed E-state index contributed by atoms with van der Waals surface area (Å²) in [5.74, 6) is 1.66. The zero-order chi connectivity index (χ0) is 29.0. The van der Waals surface area contributed by atoms with E-state index in [-0.39, 0.29) is 0 Å². The molecular weight excluding hydrogens is 510 g/mol. The second-order valence-corrected chi connectivity index (χ2v) is 11.9. The van der Waals surface area contributed by atoms with Gasteiger partial charge in [-0.1, -0.05) is 88.4 Å². The Morgan fingerprint density at radius 3 is 1.88 bits per heavy atom. The van der Waals surface area contributed by atoms with E-state index in [4.69, 9.17) is 4.98 Å². The molecular formula is C39H37N3. The summed E-state index contributed by atoms with van der Waals surface area (Å²) in [6, 6.07) is 39.8. The lowest BCUT2D eigenvalue weighted by Gasteiger charge is -2.24. The molecule has 5 aromatic carbocycles. The Kier molecular flexibility index (Phi) is 6.46. The van der Waals surface area contributed by atoms with Crippen molar-refractivity contribution in [2.75, 3.05) is 0 Å². The molecule has 0 amide bonds. The van der Waals surface area contributed by atoms with Crippen LogP contribution in [0.4, 0.5) is 0 Å². The van der Waals surface area contributed by atoms with Crippen LogP contribution in [0, 0.1) is 0 Å². The Labute approximate surface area is 248 Å². The van der Waals surface area contributed by atoms with E-state index in [2.05, 4.69) is 153 Å². The van der Waals surface area contributed by atoms with Crippen LogP contribution in [0.2, 0.25) is 0 Å².